The second-order valence-corrected chi connectivity index (χ2v) is 10.1. The molecule has 5 rings (SSSR count). The maximum Gasteiger partial charge on any atom is 0.141 e. The van der Waals surface area contributed by atoms with Gasteiger partial charge in [0.2, 0.25) is 0 Å². The van der Waals surface area contributed by atoms with Crippen molar-refractivity contribution >= 4 is 22.4 Å². The molecule has 1 N–H and O–H groups in total. The number of ether oxygens (including phenoxy) is 2. The molecule has 0 saturated carbocycles. The summed E-state index contributed by atoms with van der Waals surface area (Å²) < 4.78 is 14.2. The summed E-state index contributed by atoms with van der Waals surface area (Å²) in [5, 5.41) is 4.37. The summed E-state index contributed by atoms with van der Waals surface area (Å²) in [6.45, 7) is 8.78. The Kier molecular flexibility index (Phi) is 8.22. The lowest BCUT2D eigenvalue weighted by Gasteiger charge is -2.28. The number of hydrogen-bond acceptors (Lipinski definition) is 7. The second-order valence-electron chi connectivity index (χ2n) is 10.1. The molecule has 0 unspecified atom stereocenters. The molecular formula is C31H36N6O2. The van der Waals surface area contributed by atoms with Gasteiger partial charge >= 0.3 is 0 Å². The van der Waals surface area contributed by atoms with Crippen LogP contribution in [0.2, 0.25) is 0 Å². The van der Waals surface area contributed by atoms with E-state index in [1.54, 1.807) is 6.33 Å². The highest BCUT2D eigenvalue weighted by molar-refractivity contribution is 5.91. The molecule has 2 aromatic carbocycles. The van der Waals surface area contributed by atoms with E-state index in [0.29, 0.717) is 5.75 Å². The van der Waals surface area contributed by atoms with E-state index in [0.717, 1.165) is 63.9 Å². The van der Waals surface area contributed by atoms with Crippen molar-refractivity contribution in [1.82, 2.24) is 19.4 Å². The van der Waals surface area contributed by atoms with Gasteiger partial charge in [0.1, 0.15) is 34.9 Å². The van der Waals surface area contributed by atoms with Crippen LogP contribution in [0.1, 0.15) is 24.8 Å². The zero-order valence-corrected chi connectivity index (χ0v) is 22.9. The molecule has 202 valence electrons. The Morgan fingerprint density at radius 1 is 1.05 bits per heavy atom. The number of fused-ring (bicyclic) bond motifs is 1. The first-order valence-corrected chi connectivity index (χ1v) is 13.4. The fourth-order valence-corrected chi connectivity index (χ4v) is 4.85. The Morgan fingerprint density at radius 3 is 2.69 bits per heavy atom. The summed E-state index contributed by atoms with van der Waals surface area (Å²) in [7, 11) is 4.13. The molecule has 2 aromatic heterocycles. The summed E-state index contributed by atoms with van der Waals surface area (Å²) in [6.07, 6.45) is 8.60. The first-order valence-electron chi connectivity index (χ1n) is 13.4. The molecule has 39 heavy (non-hydrogen) atoms. The van der Waals surface area contributed by atoms with Crippen molar-refractivity contribution in [3.8, 4) is 17.2 Å². The van der Waals surface area contributed by atoms with Gasteiger partial charge in [0.25, 0.3) is 0 Å². The lowest BCUT2D eigenvalue weighted by atomic mass is 9.94. The summed E-state index contributed by atoms with van der Waals surface area (Å²) >= 11 is 0. The summed E-state index contributed by atoms with van der Waals surface area (Å²) in [4.78, 5) is 15.6. The summed E-state index contributed by atoms with van der Waals surface area (Å²) in [6, 6.07) is 15.8. The Labute approximate surface area is 229 Å². The number of likely N-dealkylation sites (tertiary alicyclic amines) is 1. The number of nitrogens with zero attached hydrogens (tertiary/aromatic N) is 5. The van der Waals surface area contributed by atoms with Crippen molar-refractivity contribution in [3.05, 3.63) is 84.9 Å². The van der Waals surface area contributed by atoms with Gasteiger partial charge in [-0.2, -0.15) is 0 Å². The van der Waals surface area contributed by atoms with E-state index in [-0.39, 0.29) is 0 Å². The van der Waals surface area contributed by atoms with Crippen molar-refractivity contribution in [2.45, 2.75) is 26.2 Å². The summed E-state index contributed by atoms with van der Waals surface area (Å²) in [5.41, 5.74) is 3.53. The standard InChI is InChI=1S/C31H36N6O2/c1-5-32-30-20-26(12-16-37(30)4)39-29-9-6-24(18-22(29)2)35-31-27-19-25(7-8-28(27)33-21-34-31)38-17-13-23-10-14-36(3)15-11-23/h5-9,12,16,18-21,23H,1,10-11,13-15,17H2,2-4H3,(H,33,34,35). The van der Waals surface area contributed by atoms with Crippen molar-refractivity contribution < 1.29 is 9.47 Å². The van der Waals surface area contributed by atoms with E-state index in [1.807, 2.05) is 73.3 Å². The largest absolute Gasteiger partial charge is 0.494 e. The third-order valence-electron chi connectivity index (χ3n) is 7.22. The van der Waals surface area contributed by atoms with E-state index >= 15 is 0 Å². The van der Waals surface area contributed by atoms with Gasteiger partial charge in [-0.25, -0.2) is 15.0 Å². The number of nitrogens with one attached hydrogen (secondary N) is 1. The van der Waals surface area contributed by atoms with E-state index in [1.165, 1.54) is 32.1 Å². The minimum Gasteiger partial charge on any atom is -0.494 e. The van der Waals surface area contributed by atoms with Crippen molar-refractivity contribution in [1.29, 1.82) is 0 Å². The van der Waals surface area contributed by atoms with Crippen LogP contribution in [-0.2, 0) is 7.05 Å². The van der Waals surface area contributed by atoms with Gasteiger partial charge in [0.15, 0.2) is 0 Å². The number of hydrogen-bond donors (Lipinski definition) is 1. The van der Waals surface area contributed by atoms with Gasteiger partial charge in [-0.05, 0) is 100 Å². The third kappa shape index (κ3) is 6.64. The monoisotopic (exact) mass is 524 g/mol. The normalized spacial score (nSPS) is 14.9. The van der Waals surface area contributed by atoms with Crippen molar-refractivity contribution in [3.63, 3.8) is 0 Å². The zero-order valence-electron chi connectivity index (χ0n) is 22.9. The van der Waals surface area contributed by atoms with E-state index in [9.17, 15) is 0 Å². The molecule has 1 aliphatic rings. The molecule has 0 aliphatic carbocycles. The van der Waals surface area contributed by atoms with Crippen LogP contribution in [0.25, 0.3) is 10.9 Å². The van der Waals surface area contributed by atoms with Gasteiger partial charge in [-0.15, -0.1) is 0 Å². The van der Waals surface area contributed by atoms with Crippen LogP contribution in [0.4, 0.5) is 11.5 Å². The van der Waals surface area contributed by atoms with Crippen LogP contribution in [0.3, 0.4) is 0 Å². The molecule has 0 bridgehead atoms. The van der Waals surface area contributed by atoms with Crippen LogP contribution in [0.5, 0.6) is 17.2 Å². The number of anilines is 2. The molecular weight excluding hydrogens is 488 g/mol. The fraction of sp³-hybridized carbons (Fsp3) is 0.323. The molecule has 1 fully saturated rings. The van der Waals surface area contributed by atoms with Gasteiger partial charge < -0.3 is 24.3 Å². The second kappa shape index (κ2) is 12.1. The number of aryl methyl sites for hydroxylation is 2. The van der Waals surface area contributed by atoms with Crippen LogP contribution in [0.15, 0.2) is 78.8 Å². The molecule has 3 heterocycles. The predicted molar refractivity (Wildman–Crippen MR) is 156 cm³/mol. The molecule has 0 amide bonds. The first-order chi connectivity index (χ1) is 19.0. The molecule has 0 radical (unpaired) electrons. The third-order valence-corrected chi connectivity index (χ3v) is 7.22. The van der Waals surface area contributed by atoms with Crippen LogP contribution >= 0.6 is 0 Å². The Bertz CT molecular complexity index is 1520. The Hall–Kier alpha value is -4.17. The van der Waals surface area contributed by atoms with Crippen molar-refractivity contribution in [2.75, 3.05) is 32.1 Å². The number of rotatable bonds is 9. The molecule has 1 saturated heterocycles. The minimum absolute atomic E-state index is 0.711. The van der Waals surface area contributed by atoms with Gasteiger partial charge in [0.05, 0.1) is 12.1 Å². The number of pyridine rings is 1. The van der Waals surface area contributed by atoms with Crippen LogP contribution in [0, 0.1) is 12.8 Å². The molecule has 1 aliphatic heterocycles. The van der Waals surface area contributed by atoms with Crippen LogP contribution in [-0.4, -0.2) is 46.2 Å². The Balaban J connectivity index is 1.28. The highest BCUT2D eigenvalue weighted by Gasteiger charge is 2.16. The quantitative estimate of drug-likeness (QED) is 0.291. The zero-order chi connectivity index (χ0) is 27.2. The SMILES string of the molecule is C=CN=c1cc(Oc2ccc(Nc3ncnc4ccc(OCCC5CCN(C)CC5)cc34)cc2C)ccn1C. The van der Waals surface area contributed by atoms with E-state index < -0.39 is 0 Å². The summed E-state index contributed by atoms with van der Waals surface area (Å²) in [5.74, 6) is 3.80. The lowest BCUT2D eigenvalue weighted by Crippen LogP contribution is -2.30. The van der Waals surface area contributed by atoms with Gasteiger partial charge in [-0.3, -0.25) is 0 Å². The molecule has 4 aromatic rings. The maximum atomic E-state index is 6.15. The number of benzene rings is 2. The molecule has 0 spiro atoms. The maximum absolute atomic E-state index is 6.15. The first kappa shape index (κ1) is 26.4. The van der Waals surface area contributed by atoms with E-state index in [2.05, 4.69) is 38.8 Å². The predicted octanol–water partition coefficient (Wildman–Crippen LogP) is 5.97. The average molecular weight is 525 g/mol. The number of piperidine rings is 1. The van der Waals surface area contributed by atoms with Gasteiger partial charge in [-0.1, -0.05) is 6.58 Å². The van der Waals surface area contributed by atoms with E-state index in [4.69, 9.17) is 9.47 Å². The Morgan fingerprint density at radius 2 is 1.90 bits per heavy atom. The van der Waals surface area contributed by atoms with Crippen LogP contribution < -0.4 is 20.3 Å². The minimum atomic E-state index is 0.711. The topological polar surface area (TPSA) is 76.8 Å². The average Bonchev–Trinajstić information content (AvgIpc) is 2.93. The highest BCUT2D eigenvalue weighted by Crippen LogP contribution is 2.31. The molecule has 0 atom stereocenters. The smallest absolute Gasteiger partial charge is 0.141 e. The van der Waals surface area contributed by atoms with Crippen molar-refractivity contribution in [2.24, 2.45) is 18.0 Å². The lowest BCUT2D eigenvalue weighted by molar-refractivity contribution is 0.187. The highest BCUT2D eigenvalue weighted by atomic mass is 16.5. The molecule has 8 nitrogen and oxygen atoms in total. The van der Waals surface area contributed by atoms with Gasteiger partial charge in [0, 0.05) is 36.6 Å². The molecule has 8 heteroatoms. The number of aromatic nitrogens is 3. The fourth-order valence-electron chi connectivity index (χ4n) is 4.85.